The molecule has 0 bridgehead atoms. The highest BCUT2D eigenvalue weighted by Crippen LogP contribution is 2.16. The van der Waals surface area contributed by atoms with Gasteiger partial charge in [-0.05, 0) is 49.8 Å². The molecule has 92 valence electrons. The van der Waals surface area contributed by atoms with Crippen LogP contribution in [0.3, 0.4) is 0 Å². The number of anilines is 2. The Morgan fingerprint density at radius 3 is 2.67 bits per heavy atom. The number of thiocarbonyl (C=S) groups is 1. The lowest BCUT2D eigenvalue weighted by Gasteiger charge is -2.12. The number of pyridine rings is 1. The van der Waals surface area contributed by atoms with Crippen molar-refractivity contribution in [3.63, 3.8) is 0 Å². The maximum Gasteiger partial charge on any atom is 0.175 e. The van der Waals surface area contributed by atoms with Crippen molar-refractivity contribution in [2.24, 2.45) is 0 Å². The summed E-state index contributed by atoms with van der Waals surface area (Å²) in [5.41, 5.74) is 4.30. The zero-order chi connectivity index (χ0) is 13.0. The zero-order valence-electron chi connectivity index (χ0n) is 10.4. The second-order valence-electron chi connectivity index (χ2n) is 4.14. The van der Waals surface area contributed by atoms with Crippen LogP contribution in [-0.4, -0.2) is 10.1 Å². The van der Waals surface area contributed by atoms with E-state index in [0.717, 1.165) is 11.4 Å². The Bertz CT molecular complexity index is 552. The molecule has 0 radical (unpaired) electrons. The summed E-state index contributed by atoms with van der Waals surface area (Å²) in [4.78, 5) is 4.02. The van der Waals surface area contributed by atoms with Crippen molar-refractivity contribution in [1.82, 2.24) is 4.98 Å². The average molecular weight is 257 g/mol. The van der Waals surface area contributed by atoms with Crippen LogP contribution < -0.4 is 10.6 Å². The number of nitrogens with zero attached hydrogens (tertiary/aromatic N) is 1. The predicted molar refractivity (Wildman–Crippen MR) is 80.0 cm³/mol. The molecule has 3 nitrogen and oxygen atoms in total. The molecule has 0 unspecified atom stereocenters. The topological polar surface area (TPSA) is 37.0 Å². The fraction of sp³-hybridized carbons (Fsp3) is 0.143. The Morgan fingerprint density at radius 1 is 1.17 bits per heavy atom. The maximum atomic E-state index is 5.26. The third-order valence-electron chi connectivity index (χ3n) is 2.55. The number of hydrogen-bond acceptors (Lipinski definition) is 2. The van der Waals surface area contributed by atoms with E-state index < -0.39 is 0 Å². The van der Waals surface area contributed by atoms with Crippen molar-refractivity contribution in [3.05, 3.63) is 53.9 Å². The van der Waals surface area contributed by atoms with E-state index >= 15 is 0 Å². The number of nitrogens with one attached hydrogen (secondary N) is 2. The van der Waals surface area contributed by atoms with Crippen molar-refractivity contribution in [2.45, 2.75) is 13.8 Å². The number of rotatable bonds is 2. The first kappa shape index (κ1) is 12.5. The van der Waals surface area contributed by atoms with Crippen molar-refractivity contribution in [2.75, 3.05) is 10.6 Å². The summed E-state index contributed by atoms with van der Waals surface area (Å²) in [7, 11) is 0. The minimum absolute atomic E-state index is 0.565. The van der Waals surface area contributed by atoms with E-state index in [9.17, 15) is 0 Å². The Kier molecular flexibility index (Phi) is 3.89. The lowest BCUT2D eigenvalue weighted by atomic mass is 10.1. The average Bonchev–Trinajstić information content (AvgIpc) is 2.34. The van der Waals surface area contributed by atoms with Gasteiger partial charge in [0.1, 0.15) is 0 Å². The van der Waals surface area contributed by atoms with E-state index in [1.54, 1.807) is 12.4 Å². The number of hydrogen-bond donors (Lipinski definition) is 2. The molecule has 1 heterocycles. The minimum Gasteiger partial charge on any atom is -0.332 e. The molecule has 18 heavy (non-hydrogen) atoms. The summed E-state index contributed by atoms with van der Waals surface area (Å²) in [6, 6.07) is 9.99. The quantitative estimate of drug-likeness (QED) is 0.807. The summed E-state index contributed by atoms with van der Waals surface area (Å²) >= 11 is 5.26. The van der Waals surface area contributed by atoms with Crippen LogP contribution in [0.5, 0.6) is 0 Å². The Morgan fingerprint density at radius 2 is 2.00 bits per heavy atom. The standard InChI is InChI=1S/C14H15N3S/c1-10-5-6-13(11(2)8-10)17-14(18)16-12-4-3-7-15-9-12/h3-9H,1-2H3,(H2,16,17,18). The second-order valence-corrected chi connectivity index (χ2v) is 4.55. The van der Waals surface area contributed by atoms with Gasteiger partial charge in [-0.1, -0.05) is 17.7 Å². The Balaban J connectivity index is 2.03. The van der Waals surface area contributed by atoms with Crippen molar-refractivity contribution < 1.29 is 0 Å². The molecular formula is C14H15N3S. The van der Waals surface area contributed by atoms with E-state index in [0.29, 0.717) is 5.11 Å². The van der Waals surface area contributed by atoms with Gasteiger partial charge < -0.3 is 10.6 Å². The molecule has 2 N–H and O–H groups in total. The summed E-state index contributed by atoms with van der Waals surface area (Å²) < 4.78 is 0. The van der Waals surface area contributed by atoms with E-state index in [-0.39, 0.29) is 0 Å². The molecule has 0 spiro atoms. The van der Waals surface area contributed by atoms with Crippen LogP contribution in [0.2, 0.25) is 0 Å². The molecule has 2 aromatic rings. The van der Waals surface area contributed by atoms with Gasteiger partial charge in [-0.15, -0.1) is 0 Å². The van der Waals surface area contributed by atoms with Crippen LogP contribution in [-0.2, 0) is 0 Å². The lowest BCUT2D eigenvalue weighted by molar-refractivity contribution is 1.33. The van der Waals surface area contributed by atoms with E-state index in [4.69, 9.17) is 12.2 Å². The normalized spacial score (nSPS) is 9.89. The van der Waals surface area contributed by atoms with Gasteiger partial charge in [-0.3, -0.25) is 4.98 Å². The van der Waals surface area contributed by atoms with Crippen LogP contribution in [0.15, 0.2) is 42.7 Å². The minimum atomic E-state index is 0.565. The van der Waals surface area contributed by atoms with Crippen LogP contribution in [0.1, 0.15) is 11.1 Å². The molecule has 0 amide bonds. The maximum absolute atomic E-state index is 5.26. The van der Waals surface area contributed by atoms with Crippen LogP contribution in [0, 0.1) is 13.8 Å². The van der Waals surface area contributed by atoms with Gasteiger partial charge in [-0.25, -0.2) is 0 Å². The summed E-state index contributed by atoms with van der Waals surface area (Å²) in [5, 5.41) is 6.83. The number of benzene rings is 1. The third kappa shape index (κ3) is 3.28. The van der Waals surface area contributed by atoms with Crippen molar-refractivity contribution in [3.8, 4) is 0 Å². The summed E-state index contributed by atoms with van der Waals surface area (Å²) in [6.45, 7) is 4.13. The molecule has 2 rings (SSSR count). The van der Waals surface area contributed by atoms with Gasteiger partial charge in [0.05, 0.1) is 11.9 Å². The van der Waals surface area contributed by atoms with Gasteiger partial charge in [0.2, 0.25) is 0 Å². The van der Waals surface area contributed by atoms with Gasteiger partial charge >= 0.3 is 0 Å². The molecule has 0 fully saturated rings. The van der Waals surface area contributed by atoms with Gasteiger partial charge in [0, 0.05) is 11.9 Å². The van der Waals surface area contributed by atoms with Crippen LogP contribution in [0.4, 0.5) is 11.4 Å². The molecule has 0 saturated heterocycles. The molecule has 0 saturated carbocycles. The Labute approximate surface area is 112 Å². The van der Waals surface area contributed by atoms with E-state index in [1.165, 1.54) is 11.1 Å². The highest BCUT2D eigenvalue weighted by Gasteiger charge is 2.01. The highest BCUT2D eigenvalue weighted by molar-refractivity contribution is 7.80. The molecule has 0 aliphatic heterocycles. The van der Waals surface area contributed by atoms with Gasteiger partial charge in [0.25, 0.3) is 0 Å². The first-order valence-electron chi connectivity index (χ1n) is 5.70. The fourth-order valence-electron chi connectivity index (χ4n) is 1.68. The molecule has 0 aliphatic rings. The van der Waals surface area contributed by atoms with Crippen LogP contribution >= 0.6 is 12.2 Å². The predicted octanol–water partition coefficient (Wildman–Crippen LogP) is 3.51. The molecule has 0 aliphatic carbocycles. The van der Waals surface area contributed by atoms with E-state index in [1.807, 2.05) is 18.2 Å². The van der Waals surface area contributed by atoms with Crippen LogP contribution in [0.25, 0.3) is 0 Å². The van der Waals surface area contributed by atoms with Gasteiger partial charge in [0.15, 0.2) is 5.11 Å². The van der Waals surface area contributed by atoms with Gasteiger partial charge in [-0.2, -0.15) is 0 Å². The molecule has 1 aromatic carbocycles. The molecule has 4 heteroatoms. The SMILES string of the molecule is Cc1ccc(NC(=S)Nc2cccnc2)c(C)c1. The smallest absolute Gasteiger partial charge is 0.175 e. The molecule has 1 aromatic heterocycles. The summed E-state index contributed by atoms with van der Waals surface area (Å²) in [6.07, 6.45) is 3.46. The first-order valence-corrected chi connectivity index (χ1v) is 6.11. The molecule has 0 atom stereocenters. The lowest BCUT2D eigenvalue weighted by Crippen LogP contribution is -2.19. The van der Waals surface area contributed by atoms with Crippen molar-refractivity contribution >= 4 is 28.7 Å². The molecular weight excluding hydrogens is 242 g/mol. The highest BCUT2D eigenvalue weighted by atomic mass is 32.1. The number of aromatic nitrogens is 1. The van der Waals surface area contributed by atoms with E-state index in [2.05, 4.69) is 41.6 Å². The Hall–Kier alpha value is -1.94. The first-order chi connectivity index (χ1) is 8.65. The zero-order valence-corrected chi connectivity index (χ0v) is 11.2. The monoisotopic (exact) mass is 257 g/mol. The third-order valence-corrected chi connectivity index (χ3v) is 2.75. The van der Waals surface area contributed by atoms with Crippen molar-refractivity contribution in [1.29, 1.82) is 0 Å². The fourth-order valence-corrected chi connectivity index (χ4v) is 1.90. The second kappa shape index (κ2) is 5.60. The largest absolute Gasteiger partial charge is 0.332 e. The number of aryl methyl sites for hydroxylation is 2. The summed E-state index contributed by atoms with van der Waals surface area (Å²) in [5.74, 6) is 0.